The number of nitrogens with zero attached hydrogens (tertiary/aromatic N) is 1. The molecule has 3 aromatic rings. The summed E-state index contributed by atoms with van der Waals surface area (Å²) in [5.74, 6) is -4.01. The zero-order chi connectivity index (χ0) is 35.0. The fraction of sp³-hybridized carbons (Fsp3) is 0.342. The van der Waals surface area contributed by atoms with E-state index in [2.05, 4.69) is 0 Å². The van der Waals surface area contributed by atoms with E-state index in [0.717, 1.165) is 29.5 Å². The highest BCUT2D eigenvalue weighted by Gasteiger charge is 2.46. The molecule has 4 atom stereocenters. The quantitative estimate of drug-likeness (QED) is 0.109. The highest BCUT2D eigenvalue weighted by Crippen LogP contribution is 2.31. The van der Waals surface area contributed by atoms with Crippen LogP contribution in [0.15, 0.2) is 103 Å². The molecule has 0 saturated carbocycles. The maximum atomic E-state index is 14.1. The third-order valence-corrected chi connectivity index (χ3v) is 7.83. The Hall–Kier alpha value is -4.97. The van der Waals surface area contributed by atoms with Crippen molar-refractivity contribution < 1.29 is 48.0 Å². The van der Waals surface area contributed by atoms with Crippen LogP contribution in [0, 0.1) is 5.92 Å². The molecule has 0 radical (unpaired) electrons. The topological polar surface area (TPSA) is 146 Å². The number of allylic oxidation sites excluding steroid dienone is 1. The van der Waals surface area contributed by atoms with Crippen molar-refractivity contribution in [2.75, 3.05) is 26.4 Å². The van der Waals surface area contributed by atoms with Crippen LogP contribution >= 0.6 is 0 Å². The Balaban J connectivity index is 1.39. The van der Waals surface area contributed by atoms with Crippen molar-refractivity contribution in [2.24, 2.45) is 5.92 Å². The second-order valence-corrected chi connectivity index (χ2v) is 11.5. The van der Waals surface area contributed by atoms with E-state index in [0.29, 0.717) is 24.2 Å². The lowest BCUT2D eigenvalue weighted by Crippen LogP contribution is -2.47. The van der Waals surface area contributed by atoms with E-state index in [1.54, 1.807) is 60.7 Å². The van der Waals surface area contributed by atoms with Crippen molar-refractivity contribution >= 4 is 29.5 Å². The number of carbonyl (C=O) groups is 5. The number of ketones is 2. The largest absolute Gasteiger partial charge is 0.453 e. The average molecular weight is 672 g/mol. The van der Waals surface area contributed by atoms with Crippen LogP contribution in [0.4, 0.5) is 4.79 Å². The number of hydrogen-bond donors (Lipinski definition) is 1. The SMILES string of the molecule is CC(=O)O[C@H](C(=O)C=CC(=O)CCCOC[C@@H](CO)OCc1ccccc1)[C@H](Cc1ccccc1)C(=O)N1C(=O)OC[C@@H]1c1ccccc1. The number of hydrogen-bond acceptors (Lipinski definition) is 10. The third-order valence-electron chi connectivity index (χ3n) is 7.83. The van der Waals surface area contributed by atoms with Gasteiger partial charge >= 0.3 is 12.1 Å². The summed E-state index contributed by atoms with van der Waals surface area (Å²) in [5, 5.41) is 9.59. The molecule has 4 rings (SSSR count). The van der Waals surface area contributed by atoms with Gasteiger partial charge < -0.3 is 24.1 Å². The van der Waals surface area contributed by atoms with Gasteiger partial charge in [-0.1, -0.05) is 91.0 Å². The van der Waals surface area contributed by atoms with Gasteiger partial charge in [-0.25, -0.2) is 9.69 Å². The van der Waals surface area contributed by atoms with Crippen LogP contribution < -0.4 is 0 Å². The van der Waals surface area contributed by atoms with Crippen molar-refractivity contribution in [2.45, 2.75) is 51.0 Å². The molecule has 0 bridgehead atoms. The van der Waals surface area contributed by atoms with Gasteiger partial charge in [0.05, 0.1) is 25.7 Å². The summed E-state index contributed by atoms with van der Waals surface area (Å²) < 4.78 is 21.9. The number of benzene rings is 3. The Labute approximate surface area is 285 Å². The van der Waals surface area contributed by atoms with Crippen LogP contribution in [0.25, 0.3) is 0 Å². The summed E-state index contributed by atoms with van der Waals surface area (Å²) in [4.78, 5) is 66.4. The van der Waals surface area contributed by atoms with Crippen LogP contribution in [-0.2, 0) is 51.2 Å². The number of esters is 1. The fourth-order valence-electron chi connectivity index (χ4n) is 5.33. The van der Waals surface area contributed by atoms with Crippen LogP contribution in [0.5, 0.6) is 0 Å². The Kier molecular flexibility index (Phi) is 14.4. The second-order valence-electron chi connectivity index (χ2n) is 11.5. The van der Waals surface area contributed by atoms with Crippen molar-refractivity contribution in [3.05, 3.63) is 120 Å². The highest BCUT2D eigenvalue weighted by atomic mass is 16.6. The molecule has 0 unspecified atom stereocenters. The molecule has 0 aliphatic carbocycles. The molecule has 1 fully saturated rings. The lowest BCUT2D eigenvalue weighted by Gasteiger charge is -2.29. The molecule has 1 heterocycles. The summed E-state index contributed by atoms with van der Waals surface area (Å²) in [5.41, 5.74) is 2.30. The molecule has 49 heavy (non-hydrogen) atoms. The minimum absolute atomic E-state index is 0.0301. The molecule has 3 aromatic carbocycles. The van der Waals surface area contributed by atoms with E-state index in [1.807, 2.05) is 30.3 Å². The minimum Gasteiger partial charge on any atom is -0.453 e. The van der Waals surface area contributed by atoms with E-state index in [1.165, 1.54) is 0 Å². The second kappa shape index (κ2) is 19.1. The molecule has 2 amide bonds. The zero-order valence-corrected chi connectivity index (χ0v) is 27.3. The average Bonchev–Trinajstić information content (AvgIpc) is 3.51. The van der Waals surface area contributed by atoms with Gasteiger partial charge in [-0.2, -0.15) is 0 Å². The molecule has 258 valence electrons. The fourth-order valence-corrected chi connectivity index (χ4v) is 5.33. The van der Waals surface area contributed by atoms with Gasteiger partial charge in [0.25, 0.3) is 0 Å². The van der Waals surface area contributed by atoms with E-state index in [4.69, 9.17) is 18.9 Å². The van der Waals surface area contributed by atoms with Gasteiger partial charge in [-0.3, -0.25) is 19.2 Å². The molecule has 1 aliphatic rings. The number of ether oxygens (including phenoxy) is 4. The number of carbonyl (C=O) groups excluding carboxylic acids is 5. The van der Waals surface area contributed by atoms with E-state index >= 15 is 0 Å². The van der Waals surface area contributed by atoms with Gasteiger partial charge in [-0.05, 0) is 41.7 Å². The number of amides is 2. The van der Waals surface area contributed by atoms with Crippen LogP contribution in [-0.4, -0.2) is 78.2 Å². The van der Waals surface area contributed by atoms with Crippen molar-refractivity contribution in [1.82, 2.24) is 4.90 Å². The maximum absolute atomic E-state index is 14.1. The standard InChI is InChI=1S/C38H41NO10/c1-27(41)49-36(35(43)20-19-31(42)18-11-21-46-25-32(23-40)47-24-29-14-7-3-8-15-29)33(22-28-12-5-2-6-13-28)37(44)39-34(26-48-38(39)45)30-16-9-4-10-17-30/h2-10,12-17,19-20,32-34,36,40H,11,18,21-26H2,1H3/t32-,33+,34-,36+/m1/s1. The molecular formula is C38H41NO10. The van der Waals surface area contributed by atoms with Crippen molar-refractivity contribution in [1.29, 1.82) is 0 Å². The molecule has 11 heteroatoms. The molecular weight excluding hydrogens is 630 g/mol. The van der Waals surface area contributed by atoms with Crippen LogP contribution in [0.2, 0.25) is 0 Å². The summed E-state index contributed by atoms with van der Waals surface area (Å²) in [6, 6.07) is 26.5. The Morgan fingerprint density at radius 1 is 0.918 bits per heavy atom. The number of rotatable bonds is 19. The molecule has 0 spiro atoms. The molecule has 1 saturated heterocycles. The molecule has 11 nitrogen and oxygen atoms in total. The van der Waals surface area contributed by atoms with Crippen LogP contribution in [0.1, 0.15) is 42.5 Å². The molecule has 1 aliphatic heterocycles. The number of cyclic esters (lactones) is 1. The normalized spacial score (nSPS) is 16.2. The van der Waals surface area contributed by atoms with Gasteiger partial charge in [0, 0.05) is 20.0 Å². The van der Waals surface area contributed by atoms with E-state index in [9.17, 15) is 29.1 Å². The van der Waals surface area contributed by atoms with Gasteiger partial charge in [-0.15, -0.1) is 0 Å². The summed E-state index contributed by atoms with van der Waals surface area (Å²) in [6.45, 7) is 1.51. The number of aliphatic hydroxyl groups is 1. The highest BCUT2D eigenvalue weighted by molar-refractivity contribution is 6.04. The minimum atomic E-state index is -1.62. The summed E-state index contributed by atoms with van der Waals surface area (Å²) >= 11 is 0. The van der Waals surface area contributed by atoms with E-state index < -0.39 is 47.9 Å². The first-order valence-electron chi connectivity index (χ1n) is 16.1. The Morgan fingerprint density at radius 2 is 1.55 bits per heavy atom. The first kappa shape index (κ1) is 36.9. The van der Waals surface area contributed by atoms with Gasteiger partial charge in [0.15, 0.2) is 17.7 Å². The smallest absolute Gasteiger partial charge is 0.417 e. The summed E-state index contributed by atoms with van der Waals surface area (Å²) in [7, 11) is 0. The van der Waals surface area contributed by atoms with Crippen molar-refractivity contribution in [3.63, 3.8) is 0 Å². The zero-order valence-electron chi connectivity index (χ0n) is 27.3. The lowest BCUT2D eigenvalue weighted by molar-refractivity contribution is -0.158. The third kappa shape index (κ3) is 11.3. The number of imide groups is 1. The van der Waals surface area contributed by atoms with Crippen LogP contribution in [0.3, 0.4) is 0 Å². The van der Waals surface area contributed by atoms with Crippen molar-refractivity contribution in [3.8, 4) is 0 Å². The molecule has 0 aromatic heterocycles. The summed E-state index contributed by atoms with van der Waals surface area (Å²) in [6.07, 6.45) is -0.560. The monoisotopic (exact) mass is 671 g/mol. The molecule has 1 N–H and O–H groups in total. The Bertz CT molecular complexity index is 1560. The van der Waals surface area contributed by atoms with E-state index in [-0.39, 0.29) is 45.1 Å². The Morgan fingerprint density at radius 3 is 2.18 bits per heavy atom. The first-order chi connectivity index (χ1) is 23.8. The predicted octanol–water partition coefficient (Wildman–Crippen LogP) is 4.57. The van der Waals surface area contributed by atoms with Gasteiger partial charge in [0.2, 0.25) is 5.91 Å². The predicted molar refractivity (Wildman–Crippen MR) is 178 cm³/mol. The lowest BCUT2D eigenvalue weighted by atomic mass is 9.89. The number of aliphatic hydroxyl groups excluding tert-OH is 1. The first-order valence-corrected chi connectivity index (χ1v) is 16.1. The van der Waals surface area contributed by atoms with Gasteiger partial charge in [0.1, 0.15) is 18.8 Å². The maximum Gasteiger partial charge on any atom is 0.417 e.